The minimum Gasteiger partial charge on any atom is -0.490 e. The molecule has 2 aromatic rings. The van der Waals surface area contributed by atoms with Gasteiger partial charge >= 0.3 is 0 Å². The average molecular weight is 737 g/mol. The van der Waals surface area contributed by atoms with Gasteiger partial charge in [0.05, 0.1) is 40.1 Å². The lowest BCUT2D eigenvalue weighted by Crippen LogP contribution is -2.51. The molecular weight excluding hydrogens is 684 g/mol. The smallest absolute Gasteiger partial charge is 0.285 e. The minimum absolute atomic E-state index is 0.0973. The van der Waals surface area contributed by atoms with Crippen molar-refractivity contribution in [2.45, 2.75) is 71.8 Å². The first-order chi connectivity index (χ1) is 24.4. The molecule has 4 aliphatic rings. The molecule has 0 unspecified atom stereocenters. The van der Waals surface area contributed by atoms with E-state index in [0.29, 0.717) is 50.5 Å². The second-order valence-corrected chi connectivity index (χ2v) is 17.5. The maximum atomic E-state index is 14.5. The third-order valence-electron chi connectivity index (χ3n) is 10.9. The largest absolute Gasteiger partial charge is 0.490 e. The molecule has 6 atom stereocenters. The Morgan fingerprint density at radius 1 is 1.16 bits per heavy atom. The number of carbonyl (C=O) groups is 2. The van der Waals surface area contributed by atoms with E-state index in [2.05, 4.69) is 53.5 Å². The molecule has 3 heterocycles. The van der Waals surface area contributed by atoms with Gasteiger partial charge in [0.2, 0.25) is 5.91 Å². The molecular formula is C40H53ClN4O5S. The van der Waals surface area contributed by atoms with E-state index in [1.54, 1.807) is 13.2 Å². The van der Waals surface area contributed by atoms with Gasteiger partial charge in [0.1, 0.15) is 11.5 Å². The molecule has 276 valence electrons. The molecule has 0 aromatic heterocycles. The number of rotatable bonds is 3. The summed E-state index contributed by atoms with van der Waals surface area (Å²) < 4.78 is 31.4. The highest BCUT2D eigenvalue weighted by molar-refractivity contribution is 7.94. The van der Waals surface area contributed by atoms with Crippen LogP contribution in [0.15, 0.2) is 52.9 Å². The SMILES string of the molecule is CC.CO[C@H]1/C=C/C[C@H](C)C[S@@](=O)(CC(=O)N2CC(C#N)C2)=NC(=O)c2ccc3c(c2)N(C[C@H](C)[C@H]1C)C[C@@]1(CCCc2cc(Cl)ccc21)CO3. The molecule has 51 heavy (non-hydrogen) atoms. The Kier molecular flexibility index (Phi) is 12.6. The Hall–Kier alpha value is -3.39. The fourth-order valence-corrected chi connectivity index (χ4v) is 10.3. The van der Waals surface area contributed by atoms with Crippen LogP contribution in [0.1, 0.15) is 75.4 Å². The fraction of sp³-hybridized carbons (Fsp3) is 0.575. The van der Waals surface area contributed by atoms with Crippen LogP contribution < -0.4 is 9.64 Å². The molecule has 0 radical (unpaired) electrons. The number of hydrogen-bond donors (Lipinski definition) is 0. The second kappa shape index (κ2) is 16.5. The molecule has 11 heteroatoms. The number of nitrogens with zero attached hydrogens (tertiary/aromatic N) is 4. The summed E-state index contributed by atoms with van der Waals surface area (Å²) in [5, 5.41) is 9.91. The maximum absolute atomic E-state index is 14.5. The van der Waals surface area contributed by atoms with E-state index in [0.717, 1.165) is 30.0 Å². The standard InChI is InChI=1S/C38H47ClN4O5S.C2H6/c1-25-7-5-9-34(47-4)27(3)26(2)18-43-23-38(14-6-8-29-15-31(39)11-12-32(29)38)24-48-35-13-10-30(16-33(35)43)37(45)41-49(46,21-25)22-36(44)42-19-28(17-40)20-42;1-2/h5,9-13,15-16,25-28,34H,6-8,14,18-24H2,1-4H3;1-2H3/b9-5+;/t25-,26-,27+,34-,38-,49+;/m0./s1. The first-order valence-electron chi connectivity index (χ1n) is 18.4. The van der Waals surface area contributed by atoms with Crippen molar-refractivity contribution < 1.29 is 23.3 Å². The zero-order valence-electron chi connectivity index (χ0n) is 30.9. The van der Waals surface area contributed by atoms with Crippen molar-refractivity contribution in [3.05, 3.63) is 70.3 Å². The highest BCUT2D eigenvalue weighted by Crippen LogP contribution is 2.45. The first kappa shape index (κ1) is 38.8. The quantitative estimate of drug-likeness (QED) is 0.304. The highest BCUT2D eigenvalue weighted by Gasteiger charge is 2.42. The van der Waals surface area contributed by atoms with Gasteiger partial charge in [0.15, 0.2) is 0 Å². The number of anilines is 1. The summed E-state index contributed by atoms with van der Waals surface area (Å²) in [5.41, 5.74) is 3.34. The molecule has 0 N–H and O–H groups in total. The summed E-state index contributed by atoms with van der Waals surface area (Å²) in [6.07, 6.45) is 7.56. The van der Waals surface area contributed by atoms with Crippen LogP contribution in [0.25, 0.3) is 0 Å². The Balaban J connectivity index is 0.00000248. The van der Waals surface area contributed by atoms with E-state index in [9.17, 15) is 19.1 Å². The number of allylic oxidation sites excluding steroid dienone is 1. The van der Waals surface area contributed by atoms with Crippen molar-refractivity contribution in [1.29, 1.82) is 5.26 Å². The monoisotopic (exact) mass is 736 g/mol. The molecule has 1 saturated heterocycles. The topological polar surface area (TPSA) is 112 Å². The number of benzene rings is 2. The minimum atomic E-state index is -3.27. The van der Waals surface area contributed by atoms with Gasteiger partial charge in [-0.1, -0.05) is 64.4 Å². The molecule has 1 fully saturated rings. The van der Waals surface area contributed by atoms with Crippen molar-refractivity contribution in [2.24, 2.45) is 28.0 Å². The van der Waals surface area contributed by atoms with Gasteiger partial charge in [-0.15, -0.1) is 0 Å². The van der Waals surface area contributed by atoms with Crippen molar-refractivity contribution in [2.75, 3.05) is 56.3 Å². The lowest BCUT2D eigenvalue weighted by atomic mass is 9.70. The number of halogens is 1. The lowest BCUT2D eigenvalue weighted by molar-refractivity contribution is -0.133. The number of methoxy groups -OCH3 is 1. The third-order valence-corrected chi connectivity index (χ3v) is 13.4. The number of fused-ring (bicyclic) bond motifs is 3. The molecule has 3 aliphatic heterocycles. The van der Waals surface area contributed by atoms with Crippen molar-refractivity contribution in [3.8, 4) is 11.8 Å². The number of aryl methyl sites for hydroxylation is 1. The van der Waals surface area contributed by atoms with Gasteiger partial charge in [-0.2, -0.15) is 9.62 Å². The maximum Gasteiger partial charge on any atom is 0.285 e. The predicted octanol–water partition coefficient (Wildman–Crippen LogP) is 7.31. The normalized spacial score (nSPS) is 30.3. The van der Waals surface area contributed by atoms with Crippen LogP contribution in [-0.2, 0) is 31.1 Å². The van der Waals surface area contributed by atoms with Crippen LogP contribution in [0.2, 0.25) is 5.02 Å². The van der Waals surface area contributed by atoms with Gasteiger partial charge < -0.3 is 19.3 Å². The predicted molar refractivity (Wildman–Crippen MR) is 204 cm³/mol. The number of nitriles is 1. The highest BCUT2D eigenvalue weighted by atomic mass is 35.5. The number of ether oxygens (including phenoxy) is 2. The van der Waals surface area contributed by atoms with Crippen molar-refractivity contribution >= 4 is 38.8 Å². The van der Waals surface area contributed by atoms with Gasteiger partial charge in [-0.05, 0) is 84.9 Å². The van der Waals surface area contributed by atoms with Crippen molar-refractivity contribution in [3.63, 3.8) is 0 Å². The zero-order valence-corrected chi connectivity index (χ0v) is 32.5. The van der Waals surface area contributed by atoms with Crippen LogP contribution in [0.5, 0.6) is 5.75 Å². The van der Waals surface area contributed by atoms with Gasteiger partial charge in [-0.25, -0.2) is 4.21 Å². The van der Waals surface area contributed by atoms with Crippen LogP contribution in [0.4, 0.5) is 5.69 Å². The molecule has 9 nitrogen and oxygen atoms in total. The second-order valence-electron chi connectivity index (χ2n) is 14.7. The molecule has 0 saturated carbocycles. The van der Waals surface area contributed by atoms with E-state index in [1.807, 2.05) is 39.0 Å². The first-order valence-corrected chi connectivity index (χ1v) is 20.6. The summed E-state index contributed by atoms with van der Waals surface area (Å²) >= 11 is 6.44. The Labute approximate surface area is 309 Å². The van der Waals surface area contributed by atoms with Gasteiger partial charge in [0.25, 0.3) is 5.91 Å². The fourth-order valence-electron chi connectivity index (χ4n) is 7.89. The molecule has 2 bridgehead atoms. The zero-order chi connectivity index (χ0) is 36.9. The Morgan fingerprint density at radius 2 is 1.92 bits per heavy atom. The number of hydrogen-bond acceptors (Lipinski definition) is 7. The van der Waals surface area contributed by atoms with E-state index in [1.165, 1.54) is 16.0 Å². The summed E-state index contributed by atoms with van der Waals surface area (Å²) in [7, 11) is -1.54. The summed E-state index contributed by atoms with van der Waals surface area (Å²) in [4.78, 5) is 31.0. The van der Waals surface area contributed by atoms with E-state index >= 15 is 0 Å². The van der Waals surface area contributed by atoms with E-state index < -0.39 is 15.6 Å². The van der Waals surface area contributed by atoms with E-state index in [-0.39, 0.29) is 52.6 Å². The number of carbonyl (C=O) groups excluding carboxylic acids is 2. The number of amides is 2. The third kappa shape index (κ3) is 8.64. The van der Waals surface area contributed by atoms with Crippen LogP contribution >= 0.6 is 11.6 Å². The van der Waals surface area contributed by atoms with Crippen LogP contribution in [-0.4, -0.2) is 78.4 Å². The molecule has 1 spiro atoms. The lowest BCUT2D eigenvalue weighted by Gasteiger charge is -2.42. The summed E-state index contributed by atoms with van der Waals surface area (Å²) in [6.45, 7) is 12.9. The van der Waals surface area contributed by atoms with E-state index in [4.69, 9.17) is 21.1 Å². The van der Waals surface area contributed by atoms with Gasteiger partial charge in [-0.3, -0.25) is 9.59 Å². The Bertz CT molecular complexity index is 1790. The molecule has 6 rings (SSSR count). The molecule has 2 aromatic carbocycles. The number of likely N-dealkylation sites (tertiary alicyclic amines) is 1. The van der Waals surface area contributed by atoms with Gasteiger partial charge in [0, 0.05) is 55.0 Å². The average Bonchev–Trinajstić information content (AvgIpc) is 3.22. The Morgan fingerprint density at radius 3 is 2.65 bits per heavy atom. The summed E-state index contributed by atoms with van der Waals surface area (Å²) in [5.74, 6) is -0.453. The van der Waals surface area contributed by atoms with Crippen LogP contribution in [0, 0.1) is 35.0 Å². The molecule has 2 amide bonds. The molecule has 1 aliphatic carbocycles. The summed E-state index contributed by atoms with van der Waals surface area (Å²) in [6, 6.07) is 13.7. The van der Waals surface area contributed by atoms with Crippen LogP contribution in [0.3, 0.4) is 0 Å². The van der Waals surface area contributed by atoms with Crippen molar-refractivity contribution in [1.82, 2.24) is 4.90 Å².